The second kappa shape index (κ2) is 3.56. The lowest BCUT2D eigenvalue weighted by Crippen LogP contribution is -2.27. The first-order valence-electron chi connectivity index (χ1n) is 5.59. The van der Waals surface area contributed by atoms with Crippen LogP contribution >= 0.6 is 11.3 Å². The summed E-state index contributed by atoms with van der Waals surface area (Å²) in [6, 6.07) is 0. The second-order valence-corrected chi connectivity index (χ2v) is 6.67. The molecule has 1 N–H and O–H groups in total. The van der Waals surface area contributed by atoms with E-state index in [9.17, 15) is 0 Å². The molecule has 1 fully saturated rings. The van der Waals surface area contributed by atoms with E-state index >= 15 is 0 Å². The fourth-order valence-electron chi connectivity index (χ4n) is 1.40. The molecular weight excluding hydrogens is 204 g/mol. The largest absolute Gasteiger partial charge is 0.306 e. The van der Waals surface area contributed by atoms with Crippen molar-refractivity contribution in [2.45, 2.75) is 58.0 Å². The molecule has 1 heterocycles. The number of hydrogen-bond acceptors (Lipinski definition) is 3. The Balaban J connectivity index is 1.95. The Bertz CT molecular complexity index is 345. The molecule has 84 valence electrons. The molecule has 1 aliphatic rings. The lowest BCUT2D eigenvalue weighted by atomic mass is 9.98. The molecule has 1 aliphatic carbocycles. The van der Waals surface area contributed by atoms with Gasteiger partial charge in [-0.25, -0.2) is 4.98 Å². The van der Waals surface area contributed by atoms with E-state index in [1.807, 2.05) is 0 Å². The highest BCUT2D eigenvalue weighted by molar-refractivity contribution is 7.09. The maximum atomic E-state index is 4.67. The Morgan fingerprint density at radius 1 is 1.47 bits per heavy atom. The van der Waals surface area contributed by atoms with Crippen molar-refractivity contribution >= 4 is 11.3 Å². The van der Waals surface area contributed by atoms with Crippen molar-refractivity contribution in [3.8, 4) is 0 Å². The van der Waals surface area contributed by atoms with Crippen LogP contribution in [0.25, 0.3) is 0 Å². The van der Waals surface area contributed by atoms with Crippen molar-refractivity contribution in [3.05, 3.63) is 16.1 Å². The predicted molar refractivity (Wildman–Crippen MR) is 65.3 cm³/mol. The maximum absolute atomic E-state index is 4.67. The van der Waals surface area contributed by atoms with E-state index in [0.29, 0.717) is 5.54 Å². The van der Waals surface area contributed by atoms with Crippen molar-refractivity contribution < 1.29 is 0 Å². The molecule has 0 atom stereocenters. The molecule has 0 unspecified atom stereocenters. The second-order valence-electron chi connectivity index (χ2n) is 5.81. The van der Waals surface area contributed by atoms with Gasteiger partial charge in [0.15, 0.2) is 0 Å². The van der Waals surface area contributed by atoms with Crippen LogP contribution in [0.2, 0.25) is 0 Å². The van der Waals surface area contributed by atoms with Gasteiger partial charge >= 0.3 is 0 Å². The topological polar surface area (TPSA) is 24.9 Å². The van der Waals surface area contributed by atoms with Gasteiger partial charge in [-0.3, -0.25) is 0 Å². The van der Waals surface area contributed by atoms with E-state index in [4.69, 9.17) is 0 Å². The third kappa shape index (κ3) is 2.79. The summed E-state index contributed by atoms with van der Waals surface area (Å²) >= 11 is 1.78. The van der Waals surface area contributed by atoms with E-state index < -0.39 is 0 Å². The van der Waals surface area contributed by atoms with Crippen LogP contribution in [-0.2, 0) is 12.0 Å². The first kappa shape index (κ1) is 11.1. The zero-order chi connectivity index (χ0) is 11.1. The van der Waals surface area contributed by atoms with Crippen LogP contribution < -0.4 is 5.32 Å². The smallest absolute Gasteiger partial charge is 0.0982 e. The van der Waals surface area contributed by atoms with Crippen molar-refractivity contribution in [2.75, 3.05) is 0 Å². The van der Waals surface area contributed by atoms with Gasteiger partial charge in [0.25, 0.3) is 0 Å². The summed E-state index contributed by atoms with van der Waals surface area (Å²) < 4.78 is 0. The first-order valence-corrected chi connectivity index (χ1v) is 6.47. The Morgan fingerprint density at radius 3 is 2.60 bits per heavy atom. The van der Waals surface area contributed by atoms with E-state index in [-0.39, 0.29) is 5.41 Å². The number of thiazole rings is 1. The highest BCUT2D eigenvalue weighted by Crippen LogP contribution is 2.34. The van der Waals surface area contributed by atoms with Crippen molar-refractivity contribution in [2.24, 2.45) is 0 Å². The lowest BCUT2D eigenvalue weighted by molar-refractivity contribution is 0.528. The van der Waals surface area contributed by atoms with Crippen LogP contribution in [0.4, 0.5) is 0 Å². The van der Waals surface area contributed by atoms with E-state index in [1.165, 1.54) is 23.5 Å². The summed E-state index contributed by atoms with van der Waals surface area (Å²) in [5.74, 6) is 0. The van der Waals surface area contributed by atoms with Crippen LogP contribution in [-0.4, -0.2) is 10.5 Å². The van der Waals surface area contributed by atoms with Gasteiger partial charge in [-0.1, -0.05) is 20.8 Å². The number of nitrogens with zero attached hydrogens (tertiary/aromatic N) is 1. The van der Waals surface area contributed by atoms with Crippen LogP contribution in [0.3, 0.4) is 0 Å². The quantitative estimate of drug-likeness (QED) is 0.853. The van der Waals surface area contributed by atoms with Crippen LogP contribution in [0, 0.1) is 0 Å². The molecule has 0 amide bonds. The lowest BCUT2D eigenvalue weighted by Gasteiger charge is -2.14. The number of nitrogens with one attached hydrogen (secondary N) is 1. The molecule has 1 aromatic rings. The highest BCUT2D eigenvalue weighted by atomic mass is 32.1. The minimum absolute atomic E-state index is 0.187. The summed E-state index contributed by atoms with van der Waals surface area (Å²) in [5, 5.41) is 6.97. The maximum Gasteiger partial charge on any atom is 0.0982 e. The van der Waals surface area contributed by atoms with E-state index in [1.54, 1.807) is 11.3 Å². The third-order valence-electron chi connectivity index (χ3n) is 2.89. The zero-order valence-electron chi connectivity index (χ0n) is 10.1. The highest BCUT2D eigenvalue weighted by Gasteiger charge is 2.36. The Morgan fingerprint density at radius 2 is 2.13 bits per heavy atom. The molecule has 2 nitrogen and oxygen atoms in total. The fourth-order valence-corrected chi connectivity index (χ4v) is 2.31. The zero-order valence-corrected chi connectivity index (χ0v) is 10.9. The van der Waals surface area contributed by atoms with Crippen LogP contribution in [0.15, 0.2) is 5.38 Å². The van der Waals surface area contributed by atoms with Gasteiger partial charge < -0.3 is 5.32 Å². The first-order chi connectivity index (χ1) is 6.89. The number of aromatic nitrogens is 1. The monoisotopic (exact) mass is 224 g/mol. The summed E-state index contributed by atoms with van der Waals surface area (Å²) in [7, 11) is 0. The third-order valence-corrected chi connectivity index (χ3v) is 4.21. The number of rotatable bonds is 3. The van der Waals surface area contributed by atoms with Gasteiger partial charge in [-0.2, -0.15) is 0 Å². The van der Waals surface area contributed by atoms with Crippen LogP contribution in [0.5, 0.6) is 0 Å². The van der Waals surface area contributed by atoms with Gasteiger partial charge in [-0.05, 0) is 19.8 Å². The number of hydrogen-bond donors (Lipinski definition) is 1. The minimum atomic E-state index is 0.187. The average molecular weight is 224 g/mol. The van der Waals surface area contributed by atoms with Crippen molar-refractivity contribution in [3.63, 3.8) is 0 Å². The summed E-state index contributed by atoms with van der Waals surface area (Å²) in [6.45, 7) is 9.84. The summed E-state index contributed by atoms with van der Waals surface area (Å²) in [5.41, 5.74) is 1.79. The SMILES string of the molecule is CC1(NCc2csc(C(C)(C)C)n2)CC1. The molecule has 1 saturated carbocycles. The standard InChI is InChI=1S/C12H20N2S/c1-11(2,3)10-14-9(8-15-10)7-13-12(4)5-6-12/h8,13H,5-7H2,1-4H3. The average Bonchev–Trinajstić information content (AvgIpc) is 2.66. The van der Waals surface area contributed by atoms with Crippen molar-refractivity contribution in [1.82, 2.24) is 10.3 Å². The molecule has 0 aliphatic heterocycles. The van der Waals surface area contributed by atoms with E-state index in [2.05, 4.69) is 43.4 Å². The van der Waals surface area contributed by atoms with Gasteiger partial charge in [-0.15, -0.1) is 11.3 Å². The van der Waals surface area contributed by atoms with E-state index in [0.717, 1.165) is 6.54 Å². The molecule has 0 radical (unpaired) electrons. The molecule has 0 spiro atoms. The van der Waals surface area contributed by atoms with Gasteiger partial charge in [0.2, 0.25) is 0 Å². The summed E-state index contributed by atoms with van der Waals surface area (Å²) in [6.07, 6.45) is 2.62. The van der Waals surface area contributed by atoms with Gasteiger partial charge in [0.1, 0.15) is 0 Å². The molecule has 3 heteroatoms. The molecular formula is C12H20N2S. The molecule has 2 rings (SSSR count). The fraction of sp³-hybridized carbons (Fsp3) is 0.750. The Kier molecular flexibility index (Phi) is 2.63. The molecule has 15 heavy (non-hydrogen) atoms. The van der Waals surface area contributed by atoms with Gasteiger partial charge in [0, 0.05) is 22.9 Å². The molecule has 0 saturated heterocycles. The van der Waals surface area contributed by atoms with Crippen LogP contribution in [0.1, 0.15) is 51.2 Å². The molecule has 0 aromatic carbocycles. The molecule has 1 aromatic heterocycles. The Labute approximate surface area is 96.1 Å². The van der Waals surface area contributed by atoms with Gasteiger partial charge in [0.05, 0.1) is 10.7 Å². The predicted octanol–water partition coefficient (Wildman–Crippen LogP) is 3.08. The molecule has 0 bridgehead atoms. The Hall–Kier alpha value is -0.410. The summed E-state index contributed by atoms with van der Waals surface area (Å²) in [4.78, 5) is 4.67. The van der Waals surface area contributed by atoms with Crippen molar-refractivity contribution in [1.29, 1.82) is 0 Å². The minimum Gasteiger partial charge on any atom is -0.306 e. The normalized spacial score (nSPS) is 19.2.